The van der Waals surface area contributed by atoms with Crippen LogP contribution in [0.5, 0.6) is 0 Å². The number of rotatable bonds is 5. The van der Waals surface area contributed by atoms with Gasteiger partial charge in [-0.05, 0) is 28.5 Å². The fourth-order valence-corrected chi connectivity index (χ4v) is 4.73. The zero-order valence-electron chi connectivity index (χ0n) is 9.85. The van der Waals surface area contributed by atoms with Gasteiger partial charge in [0.2, 0.25) is 0 Å². The summed E-state index contributed by atoms with van der Waals surface area (Å²) in [4.78, 5) is 1.95. The Balaban J connectivity index is 2.19. The van der Waals surface area contributed by atoms with Crippen LogP contribution in [-0.4, -0.2) is 5.21 Å². The van der Waals surface area contributed by atoms with Gasteiger partial charge in [-0.1, -0.05) is 46.7 Å². The normalized spacial score (nSPS) is 10.7. The molecule has 2 aromatic rings. The molecule has 0 unspecified atom stereocenters. The lowest BCUT2D eigenvalue weighted by atomic mass is 10.2. The first kappa shape index (κ1) is 15.0. The molecule has 6 heteroatoms. The second kappa shape index (κ2) is 7.43. The van der Waals surface area contributed by atoms with E-state index in [1.54, 1.807) is 21.6 Å². The van der Waals surface area contributed by atoms with Crippen LogP contribution in [0.15, 0.2) is 52.3 Å². The van der Waals surface area contributed by atoms with Gasteiger partial charge in [-0.2, -0.15) is 5.48 Å². The number of nitrogens with two attached hydrogens (primary N) is 1. The number of quaternary nitrogens is 1. The Morgan fingerprint density at radius 2 is 1.84 bits per heavy atom. The standard InChI is InChI=1S/C13H11Cl2NOS2/c14-8-9-4-3-5-10(15)13(9)19-18-12-7-2-1-6-11(12)16-17/h1-7,16-17H,8H2/p+1. The van der Waals surface area contributed by atoms with Crippen LogP contribution in [0.4, 0.5) is 5.69 Å². The number of halogens is 2. The predicted molar refractivity (Wildman–Crippen MR) is 82.5 cm³/mol. The zero-order chi connectivity index (χ0) is 13.7. The van der Waals surface area contributed by atoms with E-state index in [2.05, 4.69) is 0 Å². The van der Waals surface area contributed by atoms with Gasteiger partial charge in [-0.25, -0.2) is 5.21 Å². The molecule has 0 heterocycles. The minimum Gasteiger partial charge on any atom is -0.215 e. The average Bonchev–Trinajstić information content (AvgIpc) is 2.46. The van der Waals surface area contributed by atoms with E-state index in [0.29, 0.717) is 10.9 Å². The topological polar surface area (TPSA) is 36.8 Å². The van der Waals surface area contributed by atoms with Gasteiger partial charge in [0.05, 0.1) is 9.92 Å². The van der Waals surface area contributed by atoms with Crippen molar-refractivity contribution in [1.82, 2.24) is 0 Å². The highest BCUT2D eigenvalue weighted by atomic mass is 35.5. The van der Waals surface area contributed by atoms with Crippen LogP contribution >= 0.6 is 44.8 Å². The Kier molecular flexibility index (Phi) is 5.88. The van der Waals surface area contributed by atoms with E-state index in [9.17, 15) is 5.21 Å². The lowest BCUT2D eigenvalue weighted by molar-refractivity contribution is -0.827. The third-order valence-corrected chi connectivity index (χ3v) is 5.75. The van der Waals surface area contributed by atoms with Crippen LogP contribution < -0.4 is 5.48 Å². The molecule has 0 aliphatic carbocycles. The Morgan fingerprint density at radius 1 is 1.05 bits per heavy atom. The summed E-state index contributed by atoms with van der Waals surface area (Å²) in [6.07, 6.45) is 0. The molecule has 0 radical (unpaired) electrons. The van der Waals surface area contributed by atoms with Crippen molar-refractivity contribution in [2.24, 2.45) is 0 Å². The van der Waals surface area contributed by atoms with Crippen molar-refractivity contribution in [2.75, 3.05) is 0 Å². The third-order valence-electron chi connectivity index (χ3n) is 2.47. The van der Waals surface area contributed by atoms with Crippen molar-refractivity contribution in [2.45, 2.75) is 15.7 Å². The molecular weight excluding hydrogens is 321 g/mol. The molecule has 0 fully saturated rings. The molecule has 2 aromatic carbocycles. The van der Waals surface area contributed by atoms with E-state index < -0.39 is 0 Å². The molecule has 3 N–H and O–H groups in total. The van der Waals surface area contributed by atoms with Gasteiger partial charge >= 0.3 is 0 Å². The van der Waals surface area contributed by atoms with Crippen molar-refractivity contribution in [3.8, 4) is 0 Å². The molecule has 19 heavy (non-hydrogen) atoms. The summed E-state index contributed by atoms with van der Waals surface area (Å²) in [5, 5.41) is 9.87. The van der Waals surface area contributed by atoms with Crippen LogP contribution in [0.2, 0.25) is 5.02 Å². The van der Waals surface area contributed by atoms with Crippen molar-refractivity contribution in [1.29, 1.82) is 0 Å². The molecule has 0 atom stereocenters. The van der Waals surface area contributed by atoms with E-state index in [1.165, 1.54) is 0 Å². The summed E-state index contributed by atoms with van der Waals surface area (Å²) in [6, 6.07) is 13.3. The summed E-state index contributed by atoms with van der Waals surface area (Å²) >= 11 is 12.1. The van der Waals surface area contributed by atoms with Gasteiger partial charge in [-0.15, -0.1) is 11.6 Å². The first-order valence-electron chi connectivity index (χ1n) is 5.50. The van der Waals surface area contributed by atoms with Crippen LogP contribution in [-0.2, 0) is 5.88 Å². The predicted octanol–water partition coefficient (Wildman–Crippen LogP) is 4.46. The SMILES string of the molecule is O[NH2+]c1ccccc1SSc1c(Cl)cccc1CCl. The second-order valence-corrected chi connectivity index (χ2v) is 6.55. The number of benzene rings is 2. The monoisotopic (exact) mass is 332 g/mol. The maximum absolute atomic E-state index is 9.18. The summed E-state index contributed by atoms with van der Waals surface area (Å²) in [5.41, 5.74) is 2.91. The Bertz CT molecular complexity index is 566. The van der Waals surface area contributed by atoms with Crippen LogP contribution in [0.1, 0.15) is 5.56 Å². The van der Waals surface area contributed by atoms with Gasteiger partial charge in [0.25, 0.3) is 0 Å². The van der Waals surface area contributed by atoms with Crippen molar-refractivity contribution in [3.63, 3.8) is 0 Å². The largest absolute Gasteiger partial charge is 0.215 e. The molecule has 0 bridgehead atoms. The minimum absolute atomic E-state index is 0.428. The van der Waals surface area contributed by atoms with E-state index in [1.807, 2.05) is 42.5 Å². The van der Waals surface area contributed by atoms with Crippen molar-refractivity contribution in [3.05, 3.63) is 53.1 Å². The van der Waals surface area contributed by atoms with Crippen LogP contribution in [0.25, 0.3) is 0 Å². The van der Waals surface area contributed by atoms with Crippen molar-refractivity contribution >= 4 is 50.5 Å². The first-order valence-corrected chi connectivity index (χ1v) is 8.57. The lowest BCUT2D eigenvalue weighted by Crippen LogP contribution is -2.73. The number of hydrogen-bond acceptors (Lipinski definition) is 3. The second-order valence-electron chi connectivity index (χ2n) is 3.70. The number of alkyl halides is 1. The Labute approximate surface area is 129 Å². The smallest absolute Gasteiger partial charge is 0.176 e. The molecule has 0 saturated carbocycles. The highest BCUT2D eigenvalue weighted by molar-refractivity contribution is 8.76. The molecule has 100 valence electrons. The Morgan fingerprint density at radius 3 is 2.58 bits per heavy atom. The van der Waals surface area contributed by atoms with E-state index in [0.717, 1.165) is 26.5 Å². The molecule has 0 aromatic heterocycles. The molecule has 0 aliphatic rings. The van der Waals surface area contributed by atoms with E-state index in [4.69, 9.17) is 23.2 Å². The fourth-order valence-electron chi connectivity index (χ4n) is 1.50. The quantitative estimate of drug-likeness (QED) is 0.367. The average molecular weight is 333 g/mol. The highest BCUT2D eigenvalue weighted by Crippen LogP contribution is 2.44. The van der Waals surface area contributed by atoms with Crippen LogP contribution in [0, 0.1) is 0 Å². The number of para-hydroxylation sites is 1. The molecular formula is C13H12Cl2NOS2+. The summed E-state index contributed by atoms with van der Waals surface area (Å²) in [7, 11) is 3.10. The molecule has 2 nitrogen and oxygen atoms in total. The first-order chi connectivity index (χ1) is 9.26. The summed E-state index contributed by atoms with van der Waals surface area (Å²) in [6.45, 7) is 0. The highest BCUT2D eigenvalue weighted by Gasteiger charge is 2.11. The van der Waals surface area contributed by atoms with Gasteiger partial charge in [0.1, 0.15) is 0 Å². The zero-order valence-corrected chi connectivity index (χ0v) is 13.0. The molecule has 0 saturated heterocycles. The minimum atomic E-state index is 0.428. The fraction of sp³-hybridized carbons (Fsp3) is 0.0769. The van der Waals surface area contributed by atoms with E-state index in [-0.39, 0.29) is 0 Å². The number of hydrogen-bond donors (Lipinski definition) is 2. The third kappa shape index (κ3) is 3.81. The molecule has 2 rings (SSSR count). The summed E-state index contributed by atoms with van der Waals surface area (Å²) < 4.78 is 0. The van der Waals surface area contributed by atoms with Crippen LogP contribution in [0.3, 0.4) is 0 Å². The van der Waals surface area contributed by atoms with Gasteiger partial charge in [0.15, 0.2) is 5.69 Å². The maximum Gasteiger partial charge on any atom is 0.176 e. The van der Waals surface area contributed by atoms with Gasteiger partial charge in [-0.3, -0.25) is 0 Å². The van der Waals surface area contributed by atoms with Crippen molar-refractivity contribution < 1.29 is 10.7 Å². The molecule has 0 amide bonds. The Hall–Kier alpha value is -0.360. The van der Waals surface area contributed by atoms with Gasteiger partial charge in [0, 0.05) is 16.8 Å². The summed E-state index contributed by atoms with van der Waals surface area (Å²) in [5.74, 6) is 0.428. The van der Waals surface area contributed by atoms with Gasteiger partial charge < -0.3 is 0 Å². The molecule has 0 aliphatic heterocycles. The lowest BCUT2D eigenvalue weighted by Gasteiger charge is -2.08. The van der Waals surface area contributed by atoms with E-state index >= 15 is 0 Å². The molecule has 0 spiro atoms. The maximum atomic E-state index is 9.18.